The maximum atomic E-state index is 9.38. The van der Waals surface area contributed by atoms with E-state index in [0.29, 0.717) is 17.9 Å². The number of hydrogen-bond acceptors (Lipinski definition) is 4. The number of hydrogen-bond donors (Lipinski definition) is 1. The molecule has 0 aliphatic heterocycles. The first-order valence-corrected chi connectivity index (χ1v) is 7.55. The summed E-state index contributed by atoms with van der Waals surface area (Å²) in [5, 5.41) is 13.7. The molecule has 0 saturated heterocycles. The van der Waals surface area contributed by atoms with E-state index in [1.165, 1.54) is 0 Å². The van der Waals surface area contributed by atoms with Crippen LogP contribution in [0.2, 0.25) is 0 Å². The zero-order valence-corrected chi connectivity index (χ0v) is 13.2. The molecule has 2 heterocycles. The Morgan fingerprint density at radius 1 is 1.13 bits per heavy atom. The Labute approximate surface area is 135 Å². The molecule has 0 saturated carbocycles. The van der Waals surface area contributed by atoms with Crippen LogP contribution in [0.15, 0.2) is 54.7 Å². The molecule has 114 valence electrons. The normalized spacial score (nSPS) is 11.2. The SMILES string of the molecule is CC(C)(CNc1nc2ccccc2cc1C#N)c1ccccn1. The van der Waals surface area contributed by atoms with E-state index in [0.717, 1.165) is 16.6 Å². The molecule has 2 aromatic heterocycles. The van der Waals surface area contributed by atoms with Crippen molar-refractivity contribution in [2.75, 3.05) is 11.9 Å². The smallest absolute Gasteiger partial charge is 0.144 e. The predicted octanol–water partition coefficient (Wildman–Crippen LogP) is 3.89. The fourth-order valence-corrected chi connectivity index (χ4v) is 2.49. The molecular formula is C19H18N4. The van der Waals surface area contributed by atoms with Crippen LogP contribution in [-0.2, 0) is 5.41 Å². The van der Waals surface area contributed by atoms with Gasteiger partial charge in [-0.25, -0.2) is 4.98 Å². The van der Waals surface area contributed by atoms with Crippen LogP contribution in [0.25, 0.3) is 10.9 Å². The zero-order valence-electron chi connectivity index (χ0n) is 13.2. The number of aromatic nitrogens is 2. The van der Waals surface area contributed by atoms with Gasteiger partial charge >= 0.3 is 0 Å². The summed E-state index contributed by atoms with van der Waals surface area (Å²) < 4.78 is 0. The van der Waals surface area contributed by atoms with Gasteiger partial charge in [0.1, 0.15) is 11.9 Å². The molecule has 4 heteroatoms. The van der Waals surface area contributed by atoms with Crippen molar-refractivity contribution in [1.29, 1.82) is 5.26 Å². The van der Waals surface area contributed by atoms with Crippen LogP contribution in [0, 0.1) is 11.3 Å². The maximum Gasteiger partial charge on any atom is 0.144 e. The third kappa shape index (κ3) is 3.14. The number of fused-ring (bicyclic) bond motifs is 1. The second kappa shape index (κ2) is 6.05. The minimum absolute atomic E-state index is 0.165. The second-order valence-corrected chi connectivity index (χ2v) is 6.14. The molecule has 4 nitrogen and oxygen atoms in total. The number of anilines is 1. The van der Waals surface area contributed by atoms with Crippen molar-refractivity contribution >= 4 is 16.7 Å². The Bertz CT molecular complexity index is 863. The van der Waals surface area contributed by atoms with Crippen LogP contribution in [0.5, 0.6) is 0 Å². The highest BCUT2D eigenvalue weighted by molar-refractivity contribution is 5.82. The third-order valence-corrected chi connectivity index (χ3v) is 3.90. The largest absolute Gasteiger partial charge is 0.368 e. The molecule has 1 aromatic carbocycles. The van der Waals surface area contributed by atoms with Gasteiger partial charge in [0, 0.05) is 29.2 Å². The van der Waals surface area contributed by atoms with Crippen LogP contribution in [0.3, 0.4) is 0 Å². The molecule has 3 rings (SSSR count). The number of nitrogens with zero attached hydrogens (tertiary/aromatic N) is 3. The molecule has 23 heavy (non-hydrogen) atoms. The minimum Gasteiger partial charge on any atom is -0.368 e. The second-order valence-electron chi connectivity index (χ2n) is 6.14. The van der Waals surface area contributed by atoms with E-state index in [1.807, 2.05) is 48.5 Å². The first-order chi connectivity index (χ1) is 11.1. The highest BCUT2D eigenvalue weighted by Gasteiger charge is 2.22. The molecule has 0 amide bonds. The first-order valence-electron chi connectivity index (χ1n) is 7.55. The monoisotopic (exact) mass is 302 g/mol. The summed E-state index contributed by atoms with van der Waals surface area (Å²) >= 11 is 0. The van der Waals surface area contributed by atoms with E-state index in [-0.39, 0.29) is 5.41 Å². The van der Waals surface area contributed by atoms with Crippen LogP contribution in [0.1, 0.15) is 25.1 Å². The molecule has 3 aromatic rings. The van der Waals surface area contributed by atoms with Crippen molar-refractivity contribution in [3.8, 4) is 6.07 Å². The van der Waals surface area contributed by atoms with E-state index in [2.05, 4.69) is 35.2 Å². The minimum atomic E-state index is -0.165. The molecule has 0 fully saturated rings. The van der Waals surface area contributed by atoms with Crippen molar-refractivity contribution in [3.63, 3.8) is 0 Å². The number of para-hydroxylation sites is 1. The van der Waals surface area contributed by atoms with Crippen LogP contribution in [0.4, 0.5) is 5.82 Å². The summed E-state index contributed by atoms with van der Waals surface area (Å²) in [6, 6.07) is 17.8. The Morgan fingerprint density at radius 2 is 1.91 bits per heavy atom. The summed E-state index contributed by atoms with van der Waals surface area (Å²) in [4.78, 5) is 9.02. The standard InChI is InChI=1S/C19H18N4/c1-19(2,17-9-5-6-10-21-17)13-22-18-15(12-20)11-14-7-3-4-8-16(14)23-18/h3-11H,13H2,1-2H3,(H,22,23). The quantitative estimate of drug-likeness (QED) is 0.794. The lowest BCUT2D eigenvalue weighted by molar-refractivity contribution is 0.538. The molecule has 0 aliphatic carbocycles. The summed E-state index contributed by atoms with van der Waals surface area (Å²) in [5.74, 6) is 0.621. The van der Waals surface area contributed by atoms with Crippen LogP contribution in [-0.4, -0.2) is 16.5 Å². The molecule has 0 aliphatic rings. The summed E-state index contributed by atoms with van der Waals surface area (Å²) in [7, 11) is 0. The highest BCUT2D eigenvalue weighted by Crippen LogP contribution is 2.24. The summed E-state index contributed by atoms with van der Waals surface area (Å²) in [6.07, 6.45) is 1.80. The van der Waals surface area contributed by atoms with Gasteiger partial charge in [-0.3, -0.25) is 4.98 Å². The maximum absolute atomic E-state index is 9.38. The van der Waals surface area contributed by atoms with Gasteiger partial charge in [0.05, 0.1) is 11.1 Å². The number of nitrogens with one attached hydrogen (secondary N) is 1. The Kier molecular flexibility index (Phi) is 3.94. The molecule has 0 radical (unpaired) electrons. The number of pyridine rings is 2. The fourth-order valence-electron chi connectivity index (χ4n) is 2.49. The van der Waals surface area contributed by atoms with Crippen molar-refractivity contribution in [2.24, 2.45) is 0 Å². The zero-order chi connectivity index (χ0) is 16.3. The Morgan fingerprint density at radius 3 is 2.65 bits per heavy atom. The fraction of sp³-hybridized carbons (Fsp3) is 0.211. The molecule has 1 N–H and O–H groups in total. The number of nitriles is 1. The number of benzene rings is 1. The van der Waals surface area contributed by atoms with E-state index in [9.17, 15) is 5.26 Å². The van der Waals surface area contributed by atoms with Crippen molar-refractivity contribution in [2.45, 2.75) is 19.3 Å². The van der Waals surface area contributed by atoms with Gasteiger partial charge in [0.15, 0.2) is 0 Å². The lowest BCUT2D eigenvalue weighted by atomic mass is 9.88. The van der Waals surface area contributed by atoms with Gasteiger partial charge in [-0.05, 0) is 24.3 Å². The van der Waals surface area contributed by atoms with Gasteiger partial charge in [-0.1, -0.05) is 38.1 Å². The highest BCUT2D eigenvalue weighted by atomic mass is 15.0. The lowest BCUT2D eigenvalue weighted by Gasteiger charge is -2.25. The Hall–Kier alpha value is -2.93. The average Bonchev–Trinajstić information content (AvgIpc) is 2.60. The van der Waals surface area contributed by atoms with E-state index in [4.69, 9.17) is 0 Å². The third-order valence-electron chi connectivity index (χ3n) is 3.90. The van der Waals surface area contributed by atoms with Crippen LogP contribution >= 0.6 is 0 Å². The van der Waals surface area contributed by atoms with E-state index < -0.39 is 0 Å². The van der Waals surface area contributed by atoms with Crippen molar-refractivity contribution in [3.05, 3.63) is 66.0 Å². The predicted molar refractivity (Wildman–Crippen MR) is 92.2 cm³/mol. The molecule has 0 bridgehead atoms. The number of rotatable bonds is 4. The molecule has 0 atom stereocenters. The molecule has 0 spiro atoms. The van der Waals surface area contributed by atoms with Crippen molar-refractivity contribution in [1.82, 2.24) is 9.97 Å². The van der Waals surface area contributed by atoms with Gasteiger partial charge in [0.2, 0.25) is 0 Å². The summed E-state index contributed by atoms with van der Waals surface area (Å²) in [6.45, 7) is 4.88. The average molecular weight is 302 g/mol. The first kappa shape index (κ1) is 15.0. The molecule has 0 unspecified atom stereocenters. The lowest BCUT2D eigenvalue weighted by Crippen LogP contribution is -2.29. The van der Waals surface area contributed by atoms with Crippen molar-refractivity contribution < 1.29 is 0 Å². The van der Waals surface area contributed by atoms with Gasteiger partial charge in [-0.2, -0.15) is 5.26 Å². The summed E-state index contributed by atoms with van der Waals surface area (Å²) in [5.41, 5.74) is 2.28. The Balaban J connectivity index is 1.88. The molecular weight excluding hydrogens is 284 g/mol. The van der Waals surface area contributed by atoms with Gasteiger partial charge in [-0.15, -0.1) is 0 Å². The van der Waals surface area contributed by atoms with Crippen LogP contribution < -0.4 is 5.32 Å². The van der Waals surface area contributed by atoms with Gasteiger partial charge < -0.3 is 5.32 Å². The topological polar surface area (TPSA) is 61.6 Å². The van der Waals surface area contributed by atoms with E-state index in [1.54, 1.807) is 6.20 Å². The van der Waals surface area contributed by atoms with E-state index >= 15 is 0 Å². The van der Waals surface area contributed by atoms with Gasteiger partial charge in [0.25, 0.3) is 0 Å².